The fraction of sp³-hybridized carbons (Fsp3) is 0.321. The van der Waals surface area contributed by atoms with Crippen LogP contribution in [0.4, 0.5) is 24.8 Å². The smallest absolute Gasteiger partial charge is 0.154 e. The van der Waals surface area contributed by atoms with E-state index >= 15 is 0 Å². The predicted molar refractivity (Wildman–Crippen MR) is 140 cm³/mol. The lowest BCUT2D eigenvalue weighted by Gasteiger charge is -2.31. The van der Waals surface area contributed by atoms with Crippen molar-refractivity contribution in [1.82, 2.24) is 24.5 Å². The lowest BCUT2D eigenvalue weighted by atomic mass is 9.90. The van der Waals surface area contributed by atoms with Crippen LogP contribution in [0.5, 0.6) is 0 Å². The minimum atomic E-state index is -1.17. The number of anilines is 2. The Morgan fingerprint density at radius 3 is 2.61 bits per heavy atom. The van der Waals surface area contributed by atoms with Crippen molar-refractivity contribution in [2.45, 2.75) is 37.4 Å². The van der Waals surface area contributed by atoms with Crippen molar-refractivity contribution in [1.29, 1.82) is 0 Å². The Balaban J connectivity index is 1.20. The minimum Gasteiger partial charge on any atom is -0.384 e. The number of hydrogen-bond acceptors (Lipinski definition) is 6. The molecule has 3 aromatic heterocycles. The summed E-state index contributed by atoms with van der Waals surface area (Å²) >= 11 is 0. The monoisotopic (exact) mass is 519 g/mol. The third kappa shape index (κ3) is 4.78. The Labute approximate surface area is 218 Å². The molecule has 5 heterocycles. The van der Waals surface area contributed by atoms with Crippen LogP contribution in [0.2, 0.25) is 0 Å². The molecule has 10 heteroatoms. The average Bonchev–Trinajstić information content (AvgIpc) is 3.52. The zero-order valence-electron chi connectivity index (χ0n) is 20.7. The van der Waals surface area contributed by atoms with E-state index < -0.39 is 23.8 Å². The summed E-state index contributed by atoms with van der Waals surface area (Å²) in [6.45, 7) is 1.87. The molecule has 38 heavy (non-hydrogen) atoms. The van der Waals surface area contributed by atoms with Crippen molar-refractivity contribution in [3.8, 4) is 0 Å². The number of halogens is 3. The molecule has 0 spiro atoms. The van der Waals surface area contributed by atoms with E-state index in [4.69, 9.17) is 10.8 Å². The van der Waals surface area contributed by atoms with E-state index in [9.17, 15) is 13.2 Å². The summed E-state index contributed by atoms with van der Waals surface area (Å²) in [6.07, 6.45) is 8.55. The molecule has 2 aliphatic heterocycles. The van der Waals surface area contributed by atoms with Gasteiger partial charge < -0.3 is 15.5 Å². The quantitative estimate of drug-likeness (QED) is 0.394. The van der Waals surface area contributed by atoms with Crippen LogP contribution in [-0.4, -0.2) is 50.3 Å². The van der Waals surface area contributed by atoms with E-state index in [-0.39, 0.29) is 18.5 Å². The van der Waals surface area contributed by atoms with Gasteiger partial charge in [-0.2, -0.15) is 0 Å². The molecule has 0 radical (unpaired) electrons. The van der Waals surface area contributed by atoms with Crippen LogP contribution in [-0.2, 0) is 0 Å². The molecule has 0 unspecified atom stereocenters. The summed E-state index contributed by atoms with van der Waals surface area (Å²) in [5.41, 5.74) is 8.48. The Bertz CT molecular complexity index is 1460. The molecular weight excluding hydrogens is 491 g/mol. The number of nitrogens with two attached hydrogens (primary N) is 1. The summed E-state index contributed by atoms with van der Waals surface area (Å²) in [5.74, 6) is 0.368. The number of nitrogen functional groups attached to an aromatic ring is 1. The van der Waals surface area contributed by atoms with Crippen molar-refractivity contribution < 1.29 is 13.2 Å². The first-order valence-electron chi connectivity index (χ1n) is 12.8. The highest BCUT2D eigenvalue weighted by Gasteiger charge is 2.36. The Kier molecular flexibility index (Phi) is 6.39. The molecule has 4 aromatic rings. The molecule has 0 amide bonds. The summed E-state index contributed by atoms with van der Waals surface area (Å²) < 4.78 is 44.6. The van der Waals surface area contributed by atoms with Crippen molar-refractivity contribution in [2.24, 2.45) is 0 Å². The van der Waals surface area contributed by atoms with E-state index in [2.05, 4.69) is 20.9 Å². The van der Waals surface area contributed by atoms with Gasteiger partial charge in [-0.1, -0.05) is 6.07 Å². The molecule has 2 aliphatic rings. The van der Waals surface area contributed by atoms with Gasteiger partial charge in [-0.05, 0) is 66.8 Å². The highest BCUT2D eigenvalue weighted by Crippen LogP contribution is 2.38. The van der Waals surface area contributed by atoms with E-state index in [0.29, 0.717) is 23.2 Å². The minimum absolute atomic E-state index is 0.0530. The number of imidazole rings is 1. The fourth-order valence-corrected chi connectivity index (χ4v) is 5.47. The van der Waals surface area contributed by atoms with Crippen LogP contribution in [0, 0.1) is 11.6 Å². The number of fused-ring (bicyclic) bond motifs is 1. The van der Waals surface area contributed by atoms with Gasteiger partial charge >= 0.3 is 0 Å². The third-order valence-corrected chi connectivity index (χ3v) is 7.50. The lowest BCUT2D eigenvalue weighted by molar-refractivity contribution is 0.285. The van der Waals surface area contributed by atoms with E-state index in [1.54, 1.807) is 27.7 Å². The molecule has 6 rings (SSSR count). The summed E-state index contributed by atoms with van der Waals surface area (Å²) in [6, 6.07) is 10.1. The molecule has 0 bridgehead atoms. The van der Waals surface area contributed by atoms with Crippen LogP contribution >= 0.6 is 0 Å². The summed E-state index contributed by atoms with van der Waals surface area (Å²) in [7, 11) is 0. The molecule has 0 aliphatic carbocycles. The van der Waals surface area contributed by atoms with Crippen LogP contribution in [0.1, 0.15) is 48.0 Å². The molecule has 2 saturated heterocycles. The van der Waals surface area contributed by atoms with Gasteiger partial charge in [-0.25, -0.2) is 27.7 Å². The van der Waals surface area contributed by atoms with E-state index in [0.717, 1.165) is 49.8 Å². The molecule has 7 nitrogen and oxygen atoms in total. The van der Waals surface area contributed by atoms with Gasteiger partial charge in [-0.3, -0.25) is 0 Å². The Morgan fingerprint density at radius 2 is 1.82 bits per heavy atom. The summed E-state index contributed by atoms with van der Waals surface area (Å²) in [5, 5.41) is 4.71. The SMILES string of the molecule is Nc1ccc(C2CCN(/C=C/c3cnc4ccc(N5C[C@@H](F)C[C@@H]5c5cc(F)ccc5F)nn34)CC2)cn1. The van der Waals surface area contributed by atoms with Gasteiger partial charge in [0.05, 0.1) is 24.5 Å². The molecule has 2 N–H and O–H groups in total. The second-order valence-corrected chi connectivity index (χ2v) is 9.95. The third-order valence-electron chi connectivity index (χ3n) is 7.50. The summed E-state index contributed by atoms with van der Waals surface area (Å²) in [4.78, 5) is 12.6. The van der Waals surface area contributed by atoms with Crippen LogP contribution in [0.25, 0.3) is 11.7 Å². The molecule has 1 aromatic carbocycles. The van der Waals surface area contributed by atoms with Gasteiger partial charge in [0.25, 0.3) is 0 Å². The topological polar surface area (TPSA) is 75.6 Å². The highest BCUT2D eigenvalue weighted by molar-refractivity contribution is 5.55. The maximum atomic E-state index is 14.5. The van der Waals surface area contributed by atoms with Gasteiger partial charge in [0, 0.05) is 37.5 Å². The maximum Gasteiger partial charge on any atom is 0.154 e. The number of alkyl halides is 1. The predicted octanol–water partition coefficient (Wildman–Crippen LogP) is 5.12. The molecular formula is C28H28F3N7. The van der Waals surface area contributed by atoms with E-state index in [1.165, 1.54) is 5.56 Å². The van der Waals surface area contributed by atoms with Gasteiger partial charge in [0.15, 0.2) is 5.65 Å². The van der Waals surface area contributed by atoms with Gasteiger partial charge in [0.2, 0.25) is 0 Å². The van der Waals surface area contributed by atoms with Crippen LogP contribution in [0.3, 0.4) is 0 Å². The second kappa shape index (κ2) is 10.00. The number of nitrogens with zero attached hydrogens (tertiary/aromatic N) is 6. The number of aromatic nitrogens is 4. The van der Waals surface area contributed by atoms with Crippen molar-refractivity contribution in [2.75, 3.05) is 30.3 Å². The van der Waals surface area contributed by atoms with Gasteiger partial charge in [0.1, 0.15) is 29.4 Å². The number of likely N-dealkylation sites (tertiary alicyclic amines) is 1. The maximum absolute atomic E-state index is 14.5. The fourth-order valence-electron chi connectivity index (χ4n) is 5.47. The molecule has 0 saturated carbocycles. The zero-order chi connectivity index (χ0) is 26.2. The average molecular weight is 520 g/mol. The highest BCUT2D eigenvalue weighted by atomic mass is 19.1. The Hall–Kier alpha value is -4.08. The van der Waals surface area contributed by atoms with Crippen LogP contribution in [0.15, 0.2) is 61.1 Å². The largest absolute Gasteiger partial charge is 0.384 e. The van der Waals surface area contributed by atoms with Crippen molar-refractivity contribution >= 4 is 23.4 Å². The number of pyridine rings is 1. The second-order valence-electron chi connectivity index (χ2n) is 9.95. The van der Waals surface area contributed by atoms with Crippen molar-refractivity contribution in [3.63, 3.8) is 0 Å². The van der Waals surface area contributed by atoms with E-state index in [1.807, 2.05) is 24.5 Å². The molecule has 2 fully saturated rings. The standard InChI is InChI=1S/C28H28F3N7/c29-20-2-3-24(31)23(13-20)25-14-21(30)17-37(25)28-6-5-27-34-16-22(38(27)35-28)9-12-36-10-7-18(8-11-36)19-1-4-26(32)33-15-19/h1-6,9,12-13,15-16,18,21,25H,7-8,10-11,14,17H2,(H2,32,33)/b12-9+/t21-,25+/m0/s1. The normalized spacial score (nSPS) is 20.7. The lowest BCUT2D eigenvalue weighted by Crippen LogP contribution is -2.28. The first-order chi connectivity index (χ1) is 18.4. The Morgan fingerprint density at radius 1 is 0.974 bits per heavy atom. The molecule has 2 atom stereocenters. The van der Waals surface area contributed by atoms with Crippen LogP contribution < -0.4 is 10.6 Å². The van der Waals surface area contributed by atoms with Crippen molar-refractivity contribution in [3.05, 3.63) is 89.5 Å². The first-order valence-corrected chi connectivity index (χ1v) is 12.8. The zero-order valence-corrected chi connectivity index (χ0v) is 20.7. The number of hydrogen-bond donors (Lipinski definition) is 1. The number of rotatable bonds is 5. The number of piperidine rings is 1. The number of benzene rings is 1. The van der Waals surface area contributed by atoms with Gasteiger partial charge in [-0.15, -0.1) is 5.10 Å². The molecule has 196 valence electrons. The first kappa shape index (κ1) is 24.3.